The minimum absolute atomic E-state index is 0.0212. The van der Waals surface area contributed by atoms with Crippen LogP contribution in [-0.2, 0) is 57.2 Å². The predicted octanol–water partition coefficient (Wildman–Crippen LogP) is 8.73. The fraction of sp³-hybridized carbons (Fsp3) is 0.531. The average Bonchev–Trinajstić information content (AvgIpc) is 3.25. The van der Waals surface area contributed by atoms with Crippen LogP contribution in [0.4, 0.5) is 9.59 Å². The van der Waals surface area contributed by atoms with E-state index in [1.54, 1.807) is 102 Å². The second kappa shape index (κ2) is 24.6. The van der Waals surface area contributed by atoms with E-state index < -0.39 is 73.8 Å². The van der Waals surface area contributed by atoms with Crippen LogP contribution < -0.4 is 25.4 Å². The van der Waals surface area contributed by atoms with Crippen LogP contribution in [0.15, 0.2) is 71.8 Å². The Morgan fingerprint density at radius 1 is 0.676 bits per heavy atom. The number of hydrogen-bond acceptors (Lipinski definition) is 13. The third-order valence-electron chi connectivity index (χ3n) is 10.9. The number of ether oxygens (including phenoxy) is 6. The maximum Gasteiger partial charge on any atom is 0.408 e. The summed E-state index contributed by atoms with van der Waals surface area (Å²) < 4.78 is 39.8. The van der Waals surface area contributed by atoms with E-state index in [0.717, 1.165) is 0 Å². The second-order valence-electron chi connectivity index (χ2n) is 19.7. The van der Waals surface area contributed by atoms with Crippen LogP contribution in [-0.4, -0.2) is 102 Å². The van der Waals surface area contributed by atoms with E-state index in [4.69, 9.17) is 32.8 Å². The molecule has 0 aliphatic carbocycles. The summed E-state index contributed by atoms with van der Waals surface area (Å²) in [6, 6.07) is 15.8. The van der Waals surface area contributed by atoms with E-state index in [1.165, 1.54) is 21.3 Å². The summed E-state index contributed by atoms with van der Waals surface area (Å²) in [5.41, 5.74) is 10.6. The minimum Gasteiger partial charge on any atom is -0.496 e. The van der Waals surface area contributed by atoms with Crippen molar-refractivity contribution in [3.05, 3.63) is 93.9 Å². The molecule has 0 spiro atoms. The molecule has 0 aromatic heterocycles. The van der Waals surface area contributed by atoms with Crippen LogP contribution in [0.1, 0.15) is 85.4 Å². The van der Waals surface area contributed by atoms with Gasteiger partial charge in [-0.15, -0.1) is 0 Å². The molecule has 19 heteroatoms. The van der Waals surface area contributed by atoms with Crippen LogP contribution in [0, 0.1) is 0 Å². The fourth-order valence-electron chi connectivity index (χ4n) is 6.58. The number of carbonyl (C=O) groups excluding carboxylic acids is 5. The van der Waals surface area contributed by atoms with Crippen LogP contribution in [0.3, 0.4) is 0 Å². The van der Waals surface area contributed by atoms with E-state index in [9.17, 15) is 29.5 Å². The first kappa shape index (κ1) is 56.0. The molecule has 372 valence electrons. The van der Waals surface area contributed by atoms with Crippen LogP contribution in [0.5, 0.6) is 11.5 Å². The van der Waals surface area contributed by atoms with Gasteiger partial charge in [-0.2, -0.15) is 0 Å². The zero-order valence-electron chi connectivity index (χ0n) is 41.9. The zero-order chi connectivity index (χ0) is 51.0. The quantitative estimate of drug-likeness (QED) is 0.0227. The van der Waals surface area contributed by atoms with Gasteiger partial charge in [-0.25, -0.2) is 19.2 Å². The zero-order valence-corrected chi connectivity index (χ0v) is 42.9. The van der Waals surface area contributed by atoms with E-state index in [-0.39, 0.29) is 37.5 Å². The molecule has 0 aliphatic heterocycles. The van der Waals surface area contributed by atoms with Crippen molar-refractivity contribution in [2.45, 2.75) is 142 Å². The number of hydrogen-bond donors (Lipinski definition) is 3. The number of amides is 3. The first-order chi connectivity index (χ1) is 31.7. The van der Waals surface area contributed by atoms with Crippen molar-refractivity contribution in [3.8, 4) is 22.6 Å². The number of nitrogens with one attached hydrogen (secondary N) is 3. The number of methoxy groups -OCH3 is 3. The lowest BCUT2D eigenvalue weighted by Crippen LogP contribution is -2.55. The molecule has 0 saturated carbocycles. The van der Waals surface area contributed by atoms with Gasteiger partial charge in [0.1, 0.15) is 47.4 Å². The van der Waals surface area contributed by atoms with Gasteiger partial charge in [0, 0.05) is 24.2 Å². The molecule has 0 radical (unpaired) electrons. The molecule has 68 heavy (non-hydrogen) atoms. The molecule has 3 rings (SSSR count). The van der Waals surface area contributed by atoms with Crippen molar-refractivity contribution in [2.75, 3.05) is 27.9 Å². The lowest BCUT2D eigenvalue weighted by molar-refractivity contribution is -0.159. The summed E-state index contributed by atoms with van der Waals surface area (Å²) in [6.45, 7) is 20.2. The van der Waals surface area contributed by atoms with Crippen molar-refractivity contribution >= 4 is 38.3 Å². The largest absolute Gasteiger partial charge is 0.496 e. The summed E-state index contributed by atoms with van der Waals surface area (Å²) in [4.78, 5) is 70.7. The third-order valence-corrected chi connectivity index (χ3v) is 15.4. The molecule has 0 bridgehead atoms. The Morgan fingerprint density at radius 3 is 1.69 bits per heavy atom. The maximum atomic E-state index is 14.6. The van der Waals surface area contributed by atoms with Gasteiger partial charge in [-0.1, -0.05) is 68.4 Å². The lowest BCUT2D eigenvalue weighted by atomic mass is 9.95. The highest BCUT2D eigenvalue weighted by molar-refractivity contribution is 6.74. The van der Waals surface area contributed by atoms with Crippen molar-refractivity contribution in [1.29, 1.82) is 0 Å². The molecule has 0 aliphatic rings. The fourth-order valence-corrected chi connectivity index (χ4v) is 7.94. The highest BCUT2D eigenvalue weighted by Gasteiger charge is 2.41. The Bertz CT molecular complexity index is 2250. The molecule has 0 heterocycles. The average molecular weight is 963 g/mol. The highest BCUT2D eigenvalue weighted by Crippen LogP contribution is 2.38. The van der Waals surface area contributed by atoms with E-state index in [1.807, 2.05) is 39.9 Å². The van der Waals surface area contributed by atoms with Gasteiger partial charge < -0.3 is 48.8 Å². The first-order valence-electron chi connectivity index (χ1n) is 22.3. The van der Waals surface area contributed by atoms with Crippen LogP contribution in [0.25, 0.3) is 21.6 Å². The van der Waals surface area contributed by atoms with E-state index in [2.05, 4.69) is 26.0 Å². The molecule has 3 aromatic carbocycles. The minimum atomic E-state index is -2.51. The number of benzene rings is 3. The first-order valence-corrected chi connectivity index (χ1v) is 25.2. The number of esters is 2. The Kier molecular flexibility index (Phi) is 20.3. The van der Waals surface area contributed by atoms with Gasteiger partial charge in [-0.05, 0) is 117 Å². The van der Waals surface area contributed by atoms with E-state index in [0.29, 0.717) is 39.3 Å². The summed E-state index contributed by atoms with van der Waals surface area (Å²) >= 11 is 0. The Hall–Kier alpha value is -6.30. The molecule has 3 amide bonds. The van der Waals surface area contributed by atoms with Crippen molar-refractivity contribution in [3.63, 3.8) is 0 Å². The smallest absolute Gasteiger partial charge is 0.408 e. The Morgan fingerprint density at radius 2 is 1.21 bits per heavy atom. The molecular formula is C49H70N6O12Si. The van der Waals surface area contributed by atoms with Crippen molar-refractivity contribution < 1.29 is 56.8 Å². The van der Waals surface area contributed by atoms with Crippen LogP contribution in [0.2, 0.25) is 18.1 Å². The van der Waals surface area contributed by atoms with Gasteiger partial charge in [-0.3, -0.25) is 4.79 Å². The summed E-state index contributed by atoms with van der Waals surface area (Å²) in [5.74, 6) is -1.39. The molecule has 18 nitrogen and oxygen atoms in total. The standard InChI is InChI=1S/C49H70N6O12Si/c1-47(2,3)65-44(58)39(28-36(29-51-55-50)67-68(13,14)49(7,8)9)52-42(56)37(53-45(59)64-30-31-18-16-15-17-19-31)26-34-24-32(20-22-40(34)61-10)33-21-23-41(62-11)35(25-33)27-38(43(57)63-12)54-46(60)66-48(4,5)6/h15-25,36-39H,26-30H2,1-14H3,(H,52,56)(H,53,59)(H,54,60)/t36?,37-,38-,39-/m0/s1. The van der Waals surface area contributed by atoms with Gasteiger partial charge >= 0.3 is 24.1 Å². The number of alkyl carbamates (subject to hydrolysis) is 2. The summed E-state index contributed by atoms with van der Waals surface area (Å²) in [6.07, 6.45) is -2.77. The lowest BCUT2D eigenvalue weighted by Gasteiger charge is -2.39. The molecule has 3 aromatic rings. The monoisotopic (exact) mass is 962 g/mol. The van der Waals surface area contributed by atoms with Gasteiger partial charge in [0.2, 0.25) is 5.91 Å². The number of nitrogens with zero attached hydrogens (tertiary/aromatic N) is 3. The van der Waals surface area contributed by atoms with Gasteiger partial charge in [0.25, 0.3) is 0 Å². The second-order valence-corrected chi connectivity index (χ2v) is 24.4. The van der Waals surface area contributed by atoms with Gasteiger partial charge in [0.15, 0.2) is 8.32 Å². The Balaban J connectivity index is 2.11. The van der Waals surface area contributed by atoms with Crippen molar-refractivity contribution in [2.24, 2.45) is 5.11 Å². The number of rotatable bonds is 21. The normalized spacial score (nSPS) is 13.6. The predicted molar refractivity (Wildman–Crippen MR) is 260 cm³/mol. The molecular weight excluding hydrogens is 893 g/mol. The molecule has 1 unspecified atom stereocenters. The summed E-state index contributed by atoms with van der Waals surface area (Å²) in [5, 5.41) is 11.6. The third kappa shape index (κ3) is 18.1. The van der Waals surface area contributed by atoms with E-state index >= 15 is 0 Å². The maximum absolute atomic E-state index is 14.6. The molecule has 0 saturated heterocycles. The molecule has 4 atom stereocenters. The molecule has 3 N–H and O–H groups in total. The van der Waals surface area contributed by atoms with Crippen LogP contribution >= 0.6 is 0 Å². The van der Waals surface area contributed by atoms with Crippen molar-refractivity contribution in [1.82, 2.24) is 16.0 Å². The SMILES string of the molecule is COC(=O)[C@H](Cc1cc(-c2ccc(OC)c(C[C@H](NC(=O)OCc3ccccc3)C(=O)N[C@@H](CC(CN=[N+]=[N-])O[Si](C)(C)C(C)(C)C)C(=O)OC(C)(C)C)c2)ccc1OC)NC(=O)OC(C)(C)C. The topological polar surface area (TPSA) is 235 Å². The van der Waals surface area contributed by atoms with Gasteiger partial charge in [0.05, 0.1) is 34.0 Å². The Labute approximate surface area is 401 Å². The highest BCUT2D eigenvalue weighted by atomic mass is 28.4. The number of azide groups is 1. The summed E-state index contributed by atoms with van der Waals surface area (Å²) in [7, 11) is 1.66. The number of carbonyl (C=O) groups is 5. The molecule has 0 fully saturated rings.